The van der Waals surface area contributed by atoms with Crippen molar-refractivity contribution in [3.05, 3.63) is 64.1 Å². The van der Waals surface area contributed by atoms with E-state index in [0.29, 0.717) is 13.0 Å². The van der Waals surface area contributed by atoms with Crippen molar-refractivity contribution < 1.29 is 9.53 Å². The fraction of sp³-hybridized carbons (Fsp3) is 0.263. The molecule has 1 aliphatic rings. The molecule has 4 nitrogen and oxygen atoms in total. The van der Waals surface area contributed by atoms with Gasteiger partial charge in [-0.25, -0.2) is 5.01 Å². The van der Waals surface area contributed by atoms with Gasteiger partial charge in [-0.05, 0) is 30.7 Å². The molecule has 0 bridgehead atoms. The largest absolute Gasteiger partial charge is 0.494 e. The molecule has 0 spiro atoms. The van der Waals surface area contributed by atoms with Crippen molar-refractivity contribution in [1.82, 2.24) is 5.01 Å². The monoisotopic (exact) mass is 386 g/mol. The van der Waals surface area contributed by atoms with E-state index in [4.69, 9.17) is 4.74 Å². The number of halogens is 1. The van der Waals surface area contributed by atoms with Crippen LogP contribution in [0.4, 0.5) is 0 Å². The van der Waals surface area contributed by atoms with Crippen LogP contribution in [0.2, 0.25) is 0 Å². The van der Waals surface area contributed by atoms with Crippen LogP contribution in [0.15, 0.2) is 58.1 Å². The normalized spacial score (nSPS) is 16.9. The third-order valence-corrected chi connectivity index (χ3v) is 4.52. The first-order valence-corrected chi connectivity index (χ1v) is 8.74. The maximum Gasteiger partial charge on any atom is 0.240 e. The minimum atomic E-state index is -0.135. The minimum absolute atomic E-state index is 0.0709. The molecule has 5 heteroatoms. The van der Waals surface area contributed by atoms with E-state index in [-0.39, 0.29) is 11.9 Å². The molecule has 0 aromatic heterocycles. The fourth-order valence-electron chi connectivity index (χ4n) is 2.90. The summed E-state index contributed by atoms with van der Waals surface area (Å²) in [5.41, 5.74) is 2.93. The number of carbonyl (C=O) groups is 1. The van der Waals surface area contributed by atoms with Crippen LogP contribution >= 0.6 is 15.9 Å². The minimum Gasteiger partial charge on any atom is -0.494 e. The van der Waals surface area contributed by atoms with E-state index in [2.05, 4.69) is 21.0 Å². The zero-order valence-corrected chi connectivity index (χ0v) is 15.3. The summed E-state index contributed by atoms with van der Waals surface area (Å²) in [5, 5.41) is 6.14. The average Bonchev–Trinajstić information content (AvgIpc) is 3.02. The molecule has 24 heavy (non-hydrogen) atoms. The predicted octanol–water partition coefficient (Wildman–Crippen LogP) is 4.55. The third-order valence-electron chi connectivity index (χ3n) is 3.99. The van der Waals surface area contributed by atoms with Crippen LogP contribution in [0.25, 0.3) is 0 Å². The Balaban J connectivity index is 1.95. The Morgan fingerprint density at radius 2 is 1.96 bits per heavy atom. The summed E-state index contributed by atoms with van der Waals surface area (Å²) in [7, 11) is 0. The van der Waals surface area contributed by atoms with Crippen LogP contribution in [0.3, 0.4) is 0 Å². The summed E-state index contributed by atoms with van der Waals surface area (Å²) in [5.74, 6) is 0.738. The van der Waals surface area contributed by atoms with E-state index in [1.807, 2.05) is 55.5 Å². The Kier molecular flexibility index (Phi) is 5.00. The molecular formula is C19H19BrN2O2. The molecule has 0 radical (unpaired) electrons. The molecule has 1 heterocycles. The number of hydrogen-bond donors (Lipinski definition) is 0. The van der Waals surface area contributed by atoms with Crippen LogP contribution in [0, 0.1) is 0 Å². The Bertz CT molecular complexity index is 771. The van der Waals surface area contributed by atoms with Gasteiger partial charge in [0.25, 0.3) is 0 Å². The van der Waals surface area contributed by atoms with E-state index < -0.39 is 0 Å². The van der Waals surface area contributed by atoms with Crippen molar-refractivity contribution in [2.24, 2.45) is 5.10 Å². The van der Waals surface area contributed by atoms with Gasteiger partial charge in [0.2, 0.25) is 5.91 Å². The summed E-state index contributed by atoms with van der Waals surface area (Å²) < 4.78 is 6.76. The average molecular weight is 387 g/mol. The first-order valence-electron chi connectivity index (χ1n) is 7.95. The van der Waals surface area contributed by atoms with Crippen molar-refractivity contribution >= 4 is 27.5 Å². The summed E-state index contributed by atoms with van der Waals surface area (Å²) in [4.78, 5) is 12.1. The number of benzene rings is 2. The van der Waals surface area contributed by atoms with Gasteiger partial charge in [0.1, 0.15) is 5.75 Å². The second-order valence-electron chi connectivity index (χ2n) is 5.61. The zero-order chi connectivity index (χ0) is 17.1. The van der Waals surface area contributed by atoms with Crippen molar-refractivity contribution in [3.63, 3.8) is 0 Å². The molecular weight excluding hydrogens is 368 g/mol. The molecule has 0 fully saturated rings. The Hall–Kier alpha value is -2.14. The molecule has 0 N–H and O–H groups in total. The SMILES string of the molecule is CCOc1ccccc1C1CC(c2ccc(Br)cc2)=NN1C(C)=O. The Labute approximate surface area is 150 Å². The molecule has 2 aromatic rings. The molecule has 3 rings (SSSR count). The number of carbonyl (C=O) groups excluding carboxylic acids is 1. The number of hydrogen-bond acceptors (Lipinski definition) is 3. The number of para-hydroxylation sites is 1. The highest BCUT2D eigenvalue weighted by atomic mass is 79.9. The third kappa shape index (κ3) is 3.36. The number of nitrogens with zero attached hydrogens (tertiary/aromatic N) is 2. The standard InChI is InChI=1S/C19H19BrN2O2/c1-3-24-19-7-5-4-6-16(19)18-12-17(21-22(18)13(2)23)14-8-10-15(20)11-9-14/h4-11,18H,3,12H2,1-2H3. The molecule has 1 aliphatic heterocycles. The molecule has 2 aromatic carbocycles. The van der Waals surface area contributed by atoms with Crippen LogP contribution in [-0.2, 0) is 4.79 Å². The van der Waals surface area contributed by atoms with Crippen molar-refractivity contribution in [1.29, 1.82) is 0 Å². The first kappa shape index (κ1) is 16.7. The van der Waals surface area contributed by atoms with Gasteiger partial charge in [-0.15, -0.1) is 0 Å². The highest BCUT2D eigenvalue weighted by molar-refractivity contribution is 9.10. The summed E-state index contributed by atoms with van der Waals surface area (Å²) >= 11 is 3.44. The predicted molar refractivity (Wildman–Crippen MR) is 98.2 cm³/mol. The highest BCUT2D eigenvalue weighted by Crippen LogP contribution is 2.37. The smallest absolute Gasteiger partial charge is 0.240 e. The van der Waals surface area contributed by atoms with Gasteiger partial charge in [-0.3, -0.25) is 4.79 Å². The van der Waals surface area contributed by atoms with Gasteiger partial charge in [0.15, 0.2) is 0 Å². The zero-order valence-electron chi connectivity index (χ0n) is 13.7. The maximum atomic E-state index is 12.1. The molecule has 1 amide bonds. The lowest BCUT2D eigenvalue weighted by atomic mass is 9.97. The lowest BCUT2D eigenvalue weighted by Gasteiger charge is -2.22. The van der Waals surface area contributed by atoms with Crippen molar-refractivity contribution in [2.75, 3.05) is 6.61 Å². The topological polar surface area (TPSA) is 41.9 Å². The van der Waals surface area contributed by atoms with E-state index >= 15 is 0 Å². The van der Waals surface area contributed by atoms with Crippen LogP contribution in [-0.4, -0.2) is 23.2 Å². The van der Waals surface area contributed by atoms with Crippen LogP contribution < -0.4 is 4.74 Å². The van der Waals surface area contributed by atoms with Gasteiger partial charge in [0, 0.05) is 23.4 Å². The van der Waals surface area contributed by atoms with Crippen LogP contribution in [0.1, 0.15) is 37.4 Å². The number of ether oxygens (including phenoxy) is 1. The molecule has 1 unspecified atom stereocenters. The summed E-state index contributed by atoms with van der Waals surface area (Å²) in [6.45, 7) is 4.09. The second kappa shape index (κ2) is 7.18. The van der Waals surface area contributed by atoms with Gasteiger partial charge in [-0.1, -0.05) is 46.3 Å². The molecule has 0 saturated carbocycles. The van der Waals surface area contributed by atoms with Gasteiger partial charge >= 0.3 is 0 Å². The van der Waals surface area contributed by atoms with Gasteiger partial charge < -0.3 is 4.74 Å². The number of hydrazone groups is 1. The first-order chi connectivity index (χ1) is 11.6. The van der Waals surface area contributed by atoms with Crippen molar-refractivity contribution in [3.8, 4) is 5.75 Å². The van der Waals surface area contributed by atoms with E-state index in [0.717, 1.165) is 27.1 Å². The van der Waals surface area contributed by atoms with E-state index in [9.17, 15) is 4.79 Å². The second-order valence-corrected chi connectivity index (χ2v) is 6.52. The molecule has 1 atom stereocenters. The lowest BCUT2D eigenvalue weighted by molar-refractivity contribution is -0.130. The fourth-order valence-corrected chi connectivity index (χ4v) is 3.17. The number of amides is 1. The van der Waals surface area contributed by atoms with Gasteiger partial charge in [-0.2, -0.15) is 5.10 Å². The van der Waals surface area contributed by atoms with Gasteiger partial charge in [0.05, 0.1) is 18.4 Å². The van der Waals surface area contributed by atoms with E-state index in [1.165, 1.54) is 0 Å². The molecule has 0 aliphatic carbocycles. The lowest BCUT2D eigenvalue weighted by Crippen LogP contribution is -2.24. The Morgan fingerprint density at radius 1 is 1.25 bits per heavy atom. The number of rotatable bonds is 4. The summed E-state index contributed by atoms with van der Waals surface area (Å²) in [6.07, 6.45) is 0.672. The molecule has 0 saturated heterocycles. The summed E-state index contributed by atoms with van der Waals surface area (Å²) in [6, 6.07) is 15.7. The van der Waals surface area contributed by atoms with Crippen LogP contribution in [0.5, 0.6) is 5.75 Å². The quantitative estimate of drug-likeness (QED) is 0.773. The Morgan fingerprint density at radius 3 is 2.62 bits per heavy atom. The maximum absolute atomic E-state index is 12.1. The van der Waals surface area contributed by atoms with Crippen molar-refractivity contribution in [2.45, 2.75) is 26.3 Å². The van der Waals surface area contributed by atoms with E-state index in [1.54, 1.807) is 11.9 Å². The highest BCUT2D eigenvalue weighted by Gasteiger charge is 2.33. The molecule has 124 valence electrons.